The molecular weight excluding hydrogens is 330 g/mol. The van der Waals surface area contributed by atoms with Crippen molar-refractivity contribution < 1.29 is 22.1 Å². The maximum atomic E-state index is 12.1. The highest BCUT2D eigenvalue weighted by atomic mass is 32.2. The van der Waals surface area contributed by atoms with E-state index in [1.54, 1.807) is 17.0 Å². The topological polar surface area (TPSA) is 72.9 Å². The molecule has 1 aliphatic rings. The van der Waals surface area contributed by atoms with Gasteiger partial charge in [0.05, 0.1) is 6.26 Å². The third-order valence-corrected chi connectivity index (χ3v) is 4.24. The maximum Gasteiger partial charge on any atom is 0.410 e. The molecule has 1 saturated heterocycles. The van der Waals surface area contributed by atoms with Crippen LogP contribution in [0.3, 0.4) is 0 Å². The molecule has 0 aliphatic carbocycles. The van der Waals surface area contributed by atoms with Gasteiger partial charge in [-0.15, -0.1) is 0 Å². The fourth-order valence-electron chi connectivity index (χ4n) is 2.69. The first kappa shape index (κ1) is 18.6. The van der Waals surface area contributed by atoms with Gasteiger partial charge >= 0.3 is 16.2 Å². The molecule has 2 rings (SSSR count). The Hall–Kier alpha value is -1.76. The Kier molecular flexibility index (Phi) is 5.42. The standard InChI is InChI=1S/C17H25NO5S/c1-17(2,3)22-16(19)18-11-9-14(10-12-18)13-5-7-15(8-6-13)23-24(4,20)21/h5-8,14H,9-12H2,1-4H3. The van der Waals surface area contributed by atoms with E-state index >= 15 is 0 Å². The van der Waals surface area contributed by atoms with E-state index < -0.39 is 15.7 Å². The van der Waals surface area contributed by atoms with Crippen LogP contribution in [0.1, 0.15) is 45.1 Å². The van der Waals surface area contributed by atoms with E-state index in [0.717, 1.165) is 24.7 Å². The summed E-state index contributed by atoms with van der Waals surface area (Å²) in [5.41, 5.74) is 0.642. The molecule has 0 unspecified atom stereocenters. The Morgan fingerprint density at radius 3 is 2.12 bits per heavy atom. The van der Waals surface area contributed by atoms with E-state index in [4.69, 9.17) is 8.92 Å². The van der Waals surface area contributed by atoms with E-state index in [1.165, 1.54) is 0 Å². The number of amides is 1. The molecule has 0 atom stereocenters. The minimum atomic E-state index is -3.50. The molecule has 0 saturated carbocycles. The fraction of sp³-hybridized carbons (Fsp3) is 0.588. The van der Waals surface area contributed by atoms with Crippen LogP contribution in [-0.4, -0.2) is 44.4 Å². The second-order valence-electron chi connectivity index (χ2n) is 7.10. The zero-order valence-electron chi connectivity index (χ0n) is 14.6. The van der Waals surface area contributed by atoms with Crippen molar-refractivity contribution in [2.45, 2.75) is 45.1 Å². The number of hydrogen-bond acceptors (Lipinski definition) is 5. The van der Waals surface area contributed by atoms with Crippen molar-refractivity contribution in [3.63, 3.8) is 0 Å². The number of rotatable bonds is 3. The number of likely N-dealkylation sites (tertiary alicyclic amines) is 1. The predicted octanol–water partition coefficient (Wildman–Crippen LogP) is 3.14. The number of carbonyl (C=O) groups is 1. The van der Waals surface area contributed by atoms with E-state index in [2.05, 4.69) is 0 Å². The fourth-order valence-corrected chi connectivity index (χ4v) is 3.15. The summed E-state index contributed by atoms with van der Waals surface area (Å²) in [4.78, 5) is 13.8. The molecule has 1 aliphatic heterocycles. The van der Waals surface area contributed by atoms with Crippen LogP contribution in [0.25, 0.3) is 0 Å². The monoisotopic (exact) mass is 355 g/mol. The number of ether oxygens (including phenoxy) is 1. The summed E-state index contributed by atoms with van der Waals surface area (Å²) in [5, 5.41) is 0. The van der Waals surface area contributed by atoms with Crippen molar-refractivity contribution in [3.8, 4) is 5.75 Å². The smallest absolute Gasteiger partial charge is 0.410 e. The minimum absolute atomic E-state index is 0.266. The largest absolute Gasteiger partial charge is 0.444 e. The van der Waals surface area contributed by atoms with Crippen LogP contribution in [0, 0.1) is 0 Å². The zero-order chi connectivity index (χ0) is 18.0. The van der Waals surface area contributed by atoms with Crippen molar-refractivity contribution in [1.29, 1.82) is 0 Å². The van der Waals surface area contributed by atoms with Crippen LogP contribution >= 0.6 is 0 Å². The summed E-state index contributed by atoms with van der Waals surface area (Å²) in [6.07, 6.45) is 2.46. The molecule has 0 aromatic heterocycles. The highest BCUT2D eigenvalue weighted by Gasteiger charge is 2.27. The van der Waals surface area contributed by atoms with Gasteiger partial charge < -0.3 is 13.8 Å². The van der Waals surface area contributed by atoms with Gasteiger partial charge in [0.25, 0.3) is 0 Å². The average Bonchev–Trinajstić information content (AvgIpc) is 2.45. The number of carbonyl (C=O) groups excluding carboxylic acids is 1. The lowest BCUT2D eigenvalue weighted by Crippen LogP contribution is -2.41. The van der Waals surface area contributed by atoms with Gasteiger partial charge in [0, 0.05) is 13.1 Å². The quantitative estimate of drug-likeness (QED) is 0.779. The lowest BCUT2D eigenvalue weighted by Gasteiger charge is -2.33. The summed E-state index contributed by atoms with van der Waals surface area (Å²) in [7, 11) is -3.50. The lowest BCUT2D eigenvalue weighted by molar-refractivity contribution is 0.0205. The molecule has 1 heterocycles. The average molecular weight is 355 g/mol. The van der Waals surface area contributed by atoms with Crippen LogP contribution in [0.2, 0.25) is 0 Å². The van der Waals surface area contributed by atoms with Crippen LogP contribution in [0.15, 0.2) is 24.3 Å². The van der Waals surface area contributed by atoms with Gasteiger partial charge in [-0.05, 0) is 57.2 Å². The Labute approximate surface area is 143 Å². The van der Waals surface area contributed by atoms with E-state index in [9.17, 15) is 13.2 Å². The summed E-state index contributed by atoms with van der Waals surface area (Å²) >= 11 is 0. The molecule has 1 amide bonds. The van der Waals surface area contributed by atoms with Gasteiger partial charge in [0.2, 0.25) is 0 Å². The van der Waals surface area contributed by atoms with Crippen molar-refractivity contribution in [2.24, 2.45) is 0 Å². The molecule has 6 nitrogen and oxygen atoms in total. The summed E-state index contributed by atoms with van der Waals surface area (Å²) in [5.74, 6) is 0.656. The maximum absolute atomic E-state index is 12.1. The van der Waals surface area contributed by atoms with Gasteiger partial charge in [-0.25, -0.2) is 4.79 Å². The lowest BCUT2D eigenvalue weighted by atomic mass is 9.89. The molecule has 24 heavy (non-hydrogen) atoms. The number of piperidine rings is 1. The number of nitrogens with zero attached hydrogens (tertiary/aromatic N) is 1. The zero-order valence-corrected chi connectivity index (χ0v) is 15.4. The second-order valence-corrected chi connectivity index (χ2v) is 8.67. The third kappa shape index (κ3) is 5.70. The van der Waals surface area contributed by atoms with Crippen LogP contribution in [0.5, 0.6) is 5.75 Å². The Morgan fingerprint density at radius 2 is 1.67 bits per heavy atom. The highest BCUT2D eigenvalue weighted by molar-refractivity contribution is 7.86. The molecular formula is C17H25NO5S. The molecule has 1 aromatic rings. The number of hydrogen-bond donors (Lipinski definition) is 0. The SMILES string of the molecule is CC(C)(C)OC(=O)N1CCC(c2ccc(OS(C)(=O)=O)cc2)CC1. The van der Waals surface area contributed by atoms with E-state index in [1.807, 2.05) is 32.9 Å². The van der Waals surface area contributed by atoms with Gasteiger partial charge in [-0.1, -0.05) is 12.1 Å². The van der Waals surface area contributed by atoms with Crippen molar-refractivity contribution in [3.05, 3.63) is 29.8 Å². The first-order chi connectivity index (χ1) is 11.0. The number of benzene rings is 1. The van der Waals surface area contributed by atoms with Crippen molar-refractivity contribution in [2.75, 3.05) is 19.3 Å². The van der Waals surface area contributed by atoms with Gasteiger partial charge in [0.15, 0.2) is 0 Å². The molecule has 1 aromatic carbocycles. The van der Waals surface area contributed by atoms with Gasteiger partial charge in [0.1, 0.15) is 11.4 Å². The van der Waals surface area contributed by atoms with Gasteiger partial charge in [-0.3, -0.25) is 0 Å². The van der Waals surface area contributed by atoms with E-state index in [0.29, 0.717) is 24.8 Å². The van der Waals surface area contributed by atoms with Gasteiger partial charge in [-0.2, -0.15) is 8.42 Å². The Balaban J connectivity index is 1.91. The molecule has 0 bridgehead atoms. The van der Waals surface area contributed by atoms with Crippen molar-refractivity contribution in [1.82, 2.24) is 4.90 Å². The molecule has 1 fully saturated rings. The van der Waals surface area contributed by atoms with Crippen molar-refractivity contribution >= 4 is 16.2 Å². The Bertz CT molecular complexity index is 668. The third-order valence-electron chi connectivity index (χ3n) is 3.75. The van der Waals surface area contributed by atoms with Crippen LogP contribution < -0.4 is 4.18 Å². The first-order valence-corrected chi connectivity index (χ1v) is 9.82. The predicted molar refractivity (Wildman–Crippen MR) is 91.7 cm³/mol. The summed E-state index contributed by atoms with van der Waals surface area (Å²) in [6.45, 7) is 6.88. The van der Waals surface area contributed by atoms with Crippen LogP contribution in [0.4, 0.5) is 4.79 Å². The normalized spacial score (nSPS) is 16.8. The van der Waals surface area contributed by atoms with E-state index in [-0.39, 0.29) is 6.09 Å². The first-order valence-electron chi connectivity index (χ1n) is 8.01. The molecule has 0 spiro atoms. The summed E-state index contributed by atoms with van der Waals surface area (Å²) < 4.78 is 32.5. The second kappa shape index (κ2) is 7.01. The molecule has 0 radical (unpaired) electrons. The molecule has 134 valence electrons. The highest BCUT2D eigenvalue weighted by Crippen LogP contribution is 2.30. The molecule has 7 heteroatoms. The summed E-state index contributed by atoms with van der Waals surface area (Å²) in [6, 6.07) is 7.09. The molecule has 0 N–H and O–H groups in total. The minimum Gasteiger partial charge on any atom is -0.444 e. The Morgan fingerprint density at radius 1 is 1.12 bits per heavy atom. The van der Waals surface area contributed by atoms with Crippen LogP contribution in [-0.2, 0) is 14.9 Å².